The minimum atomic E-state index is -0.434. The normalized spacial score (nSPS) is 10.2. The van der Waals surface area contributed by atoms with E-state index in [9.17, 15) is 9.59 Å². The van der Waals surface area contributed by atoms with E-state index < -0.39 is 5.97 Å². The molecule has 142 valence electrons. The Balaban J connectivity index is 1.77. The van der Waals surface area contributed by atoms with E-state index in [2.05, 4.69) is 25.3 Å². The van der Waals surface area contributed by atoms with Crippen molar-refractivity contribution in [1.29, 1.82) is 0 Å². The van der Waals surface area contributed by atoms with Crippen molar-refractivity contribution in [2.45, 2.75) is 13.8 Å². The van der Waals surface area contributed by atoms with Crippen LogP contribution in [0.25, 0.3) is 0 Å². The van der Waals surface area contributed by atoms with Crippen LogP contribution in [0.5, 0.6) is 0 Å². The number of aromatic nitrogens is 2. The lowest BCUT2D eigenvalue weighted by Crippen LogP contribution is -2.15. The van der Waals surface area contributed by atoms with Crippen molar-refractivity contribution in [3.8, 4) is 0 Å². The summed E-state index contributed by atoms with van der Waals surface area (Å²) in [5.74, 6) is -0.458. The molecule has 1 aromatic heterocycles. The lowest BCUT2D eigenvalue weighted by molar-refractivity contribution is 0.0600. The zero-order valence-electron chi connectivity index (χ0n) is 15.8. The number of carbonyl (C=O) groups is 2. The van der Waals surface area contributed by atoms with Gasteiger partial charge in [0.1, 0.15) is 5.69 Å². The predicted molar refractivity (Wildman–Crippen MR) is 107 cm³/mol. The van der Waals surface area contributed by atoms with E-state index in [1.54, 1.807) is 37.3 Å². The van der Waals surface area contributed by atoms with Gasteiger partial charge in [0.25, 0.3) is 5.91 Å². The first-order valence-electron chi connectivity index (χ1n) is 8.64. The Bertz CT molecular complexity index is 1020. The number of nitrogens with zero attached hydrogens (tertiary/aromatic N) is 2. The Hall–Kier alpha value is -3.74. The van der Waals surface area contributed by atoms with Crippen molar-refractivity contribution in [2.75, 3.05) is 17.7 Å². The number of carbonyl (C=O) groups excluding carboxylic acids is 2. The maximum absolute atomic E-state index is 12.6. The first-order chi connectivity index (χ1) is 13.5. The number of hydrogen-bond donors (Lipinski definition) is 2. The first kappa shape index (κ1) is 19.0. The zero-order valence-corrected chi connectivity index (χ0v) is 15.8. The van der Waals surface area contributed by atoms with E-state index in [0.717, 1.165) is 11.3 Å². The Morgan fingerprint density at radius 3 is 2.36 bits per heavy atom. The molecule has 0 radical (unpaired) electrons. The molecule has 0 unspecified atom stereocenters. The van der Waals surface area contributed by atoms with Crippen LogP contribution in [-0.4, -0.2) is 29.0 Å². The van der Waals surface area contributed by atoms with Gasteiger partial charge in [-0.3, -0.25) is 4.79 Å². The molecule has 0 saturated carbocycles. The summed E-state index contributed by atoms with van der Waals surface area (Å²) in [5, 5.41) is 5.91. The number of amides is 1. The number of para-hydroxylation sites is 1. The number of aryl methyl sites for hydroxylation is 2. The average Bonchev–Trinajstić information content (AvgIpc) is 2.69. The largest absolute Gasteiger partial charge is 0.465 e. The summed E-state index contributed by atoms with van der Waals surface area (Å²) in [6.07, 6.45) is 0. The average molecular weight is 376 g/mol. The Kier molecular flexibility index (Phi) is 5.64. The van der Waals surface area contributed by atoms with E-state index in [-0.39, 0.29) is 11.6 Å². The fourth-order valence-electron chi connectivity index (χ4n) is 2.58. The topological polar surface area (TPSA) is 93.2 Å². The van der Waals surface area contributed by atoms with Crippen molar-refractivity contribution in [1.82, 2.24) is 9.97 Å². The van der Waals surface area contributed by atoms with E-state index in [1.807, 2.05) is 31.2 Å². The standard InChI is InChI=1S/C21H20N4O3/c1-13-6-4-5-7-17(13)24-21-22-14(2)12-18(25-21)19(26)23-16-10-8-15(9-11-16)20(27)28-3/h4-12H,1-3H3,(H,23,26)(H,22,24,25). The number of nitrogens with one attached hydrogen (secondary N) is 2. The lowest BCUT2D eigenvalue weighted by atomic mass is 10.2. The van der Waals surface area contributed by atoms with Gasteiger partial charge in [-0.15, -0.1) is 0 Å². The molecule has 0 aliphatic heterocycles. The van der Waals surface area contributed by atoms with Gasteiger partial charge in [0.05, 0.1) is 12.7 Å². The fourth-order valence-corrected chi connectivity index (χ4v) is 2.58. The van der Waals surface area contributed by atoms with Gasteiger partial charge in [0.15, 0.2) is 0 Å². The Morgan fingerprint density at radius 2 is 1.68 bits per heavy atom. The molecule has 28 heavy (non-hydrogen) atoms. The molecular weight excluding hydrogens is 356 g/mol. The summed E-state index contributed by atoms with van der Waals surface area (Å²) >= 11 is 0. The summed E-state index contributed by atoms with van der Waals surface area (Å²) in [7, 11) is 1.32. The monoisotopic (exact) mass is 376 g/mol. The SMILES string of the molecule is COC(=O)c1ccc(NC(=O)c2cc(C)nc(Nc3ccccc3C)n2)cc1. The molecule has 0 aliphatic rings. The second-order valence-corrected chi connectivity index (χ2v) is 6.18. The van der Waals surface area contributed by atoms with Crippen LogP contribution in [0.3, 0.4) is 0 Å². The third kappa shape index (κ3) is 4.50. The van der Waals surface area contributed by atoms with Gasteiger partial charge in [-0.05, 0) is 55.8 Å². The molecule has 3 aromatic rings. The number of hydrogen-bond acceptors (Lipinski definition) is 6. The second-order valence-electron chi connectivity index (χ2n) is 6.18. The summed E-state index contributed by atoms with van der Waals surface area (Å²) in [6, 6.07) is 15.8. The van der Waals surface area contributed by atoms with Crippen LogP contribution >= 0.6 is 0 Å². The maximum atomic E-state index is 12.6. The van der Waals surface area contributed by atoms with Gasteiger partial charge >= 0.3 is 5.97 Å². The van der Waals surface area contributed by atoms with Crippen molar-refractivity contribution >= 4 is 29.2 Å². The molecule has 2 N–H and O–H groups in total. The number of rotatable bonds is 5. The van der Waals surface area contributed by atoms with Crippen molar-refractivity contribution in [2.24, 2.45) is 0 Å². The molecule has 0 atom stereocenters. The number of methoxy groups -OCH3 is 1. The number of benzene rings is 2. The molecule has 0 spiro atoms. The lowest BCUT2D eigenvalue weighted by Gasteiger charge is -2.10. The fraction of sp³-hybridized carbons (Fsp3) is 0.143. The highest BCUT2D eigenvalue weighted by Gasteiger charge is 2.12. The van der Waals surface area contributed by atoms with E-state index >= 15 is 0 Å². The van der Waals surface area contributed by atoms with Gasteiger partial charge in [-0.25, -0.2) is 14.8 Å². The Morgan fingerprint density at radius 1 is 0.964 bits per heavy atom. The van der Waals surface area contributed by atoms with Crippen LogP contribution in [0.15, 0.2) is 54.6 Å². The summed E-state index contributed by atoms with van der Waals surface area (Å²) in [6.45, 7) is 3.77. The number of esters is 1. The molecular formula is C21H20N4O3. The highest BCUT2D eigenvalue weighted by molar-refractivity contribution is 6.03. The quantitative estimate of drug-likeness (QED) is 0.657. The summed E-state index contributed by atoms with van der Waals surface area (Å²) < 4.78 is 4.66. The molecule has 0 saturated heterocycles. The van der Waals surface area contributed by atoms with Gasteiger partial charge in [0, 0.05) is 17.1 Å². The smallest absolute Gasteiger partial charge is 0.337 e. The number of anilines is 3. The van der Waals surface area contributed by atoms with Crippen LogP contribution < -0.4 is 10.6 Å². The van der Waals surface area contributed by atoms with Crippen molar-refractivity contribution in [3.63, 3.8) is 0 Å². The van der Waals surface area contributed by atoms with Gasteiger partial charge in [0.2, 0.25) is 5.95 Å². The second kappa shape index (κ2) is 8.30. The first-order valence-corrected chi connectivity index (χ1v) is 8.64. The third-order valence-electron chi connectivity index (χ3n) is 4.04. The minimum absolute atomic E-state index is 0.237. The molecule has 2 aromatic carbocycles. The zero-order chi connectivity index (χ0) is 20.1. The summed E-state index contributed by atoms with van der Waals surface area (Å²) in [5.41, 5.74) is 3.77. The van der Waals surface area contributed by atoms with Gasteiger partial charge in [-0.2, -0.15) is 0 Å². The number of ether oxygens (including phenoxy) is 1. The highest BCUT2D eigenvalue weighted by Crippen LogP contribution is 2.18. The summed E-state index contributed by atoms with van der Waals surface area (Å²) in [4.78, 5) is 32.7. The van der Waals surface area contributed by atoms with Crippen LogP contribution in [0.4, 0.5) is 17.3 Å². The van der Waals surface area contributed by atoms with Crippen molar-refractivity contribution in [3.05, 3.63) is 77.1 Å². The molecule has 7 heteroatoms. The van der Waals surface area contributed by atoms with E-state index in [0.29, 0.717) is 22.9 Å². The molecule has 3 rings (SSSR count). The molecule has 0 fully saturated rings. The third-order valence-corrected chi connectivity index (χ3v) is 4.04. The highest BCUT2D eigenvalue weighted by atomic mass is 16.5. The maximum Gasteiger partial charge on any atom is 0.337 e. The van der Waals surface area contributed by atoms with Gasteiger partial charge < -0.3 is 15.4 Å². The van der Waals surface area contributed by atoms with Crippen LogP contribution in [0, 0.1) is 13.8 Å². The molecule has 0 bridgehead atoms. The Labute approximate surface area is 162 Å². The molecule has 1 amide bonds. The van der Waals surface area contributed by atoms with Crippen LogP contribution in [0.2, 0.25) is 0 Å². The van der Waals surface area contributed by atoms with Crippen LogP contribution in [0.1, 0.15) is 32.1 Å². The van der Waals surface area contributed by atoms with Crippen molar-refractivity contribution < 1.29 is 14.3 Å². The molecule has 1 heterocycles. The van der Waals surface area contributed by atoms with Gasteiger partial charge in [-0.1, -0.05) is 18.2 Å². The minimum Gasteiger partial charge on any atom is -0.465 e. The molecule has 0 aliphatic carbocycles. The molecule has 7 nitrogen and oxygen atoms in total. The van der Waals surface area contributed by atoms with Crippen LogP contribution in [-0.2, 0) is 4.74 Å². The van der Waals surface area contributed by atoms with E-state index in [4.69, 9.17) is 0 Å². The van der Waals surface area contributed by atoms with E-state index in [1.165, 1.54) is 7.11 Å². The predicted octanol–water partition coefficient (Wildman–Crippen LogP) is 3.88.